The zero-order valence-electron chi connectivity index (χ0n) is 14.3. The molecule has 0 aliphatic carbocycles. The van der Waals surface area contributed by atoms with Gasteiger partial charge in [-0.1, -0.05) is 38.1 Å². The van der Waals surface area contributed by atoms with Crippen LogP contribution in [0.1, 0.15) is 37.0 Å². The van der Waals surface area contributed by atoms with Gasteiger partial charge in [0, 0.05) is 17.5 Å². The first-order valence-corrected chi connectivity index (χ1v) is 8.06. The van der Waals surface area contributed by atoms with Gasteiger partial charge in [0.25, 0.3) is 5.91 Å². The van der Waals surface area contributed by atoms with E-state index in [0.29, 0.717) is 24.2 Å². The molecule has 0 fully saturated rings. The summed E-state index contributed by atoms with van der Waals surface area (Å²) in [5.74, 6) is -0.460. The second-order valence-electron chi connectivity index (χ2n) is 5.84. The van der Waals surface area contributed by atoms with E-state index < -0.39 is 11.4 Å². The molecular weight excluding hydrogens is 306 g/mol. The first kappa shape index (κ1) is 17.8. The molecule has 2 rings (SSSR count). The Kier molecular flexibility index (Phi) is 5.44. The number of methoxy groups -OCH3 is 1. The van der Waals surface area contributed by atoms with Crippen LogP contribution in [0.3, 0.4) is 0 Å². The van der Waals surface area contributed by atoms with E-state index in [2.05, 4.69) is 5.32 Å². The highest BCUT2D eigenvalue weighted by molar-refractivity contribution is 6.08. The van der Waals surface area contributed by atoms with E-state index in [1.807, 2.05) is 38.1 Å². The van der Waals surface area contributed by atoms with Gasteiger partial charge in [-0.05, 0) is 30.4 Å². The van der Waals surface area contributed by atoms with Gasteiger partial charge in [-0.2, -0.15) is 0 Å². The van der Waals surface area contributed by atoms with Crippen molar-refractivity contribution >= 4 is 22.6 Å². The monoisotopic (exact) mass is 329 g/mol. The number of benzene rings is 2. The number of carbonyl (C=O) groups excluding carboxylic acids is 1. The molecule has 2 aromatic carbocycles. The molecule has 0 aliphatic rings. The minimum absolute atomic E-state index is 0.106. The topological polar surface area (TPSA) is 75.6 Å². The summed E-state index contributed by atoms with van der Waals surface area (Å²) in [4.78, 5) is 24.2. The predicted molar refractivity (Wildman–Crippen MR) is 93.5 cm³/mol. The van der Waals surface area contributed by atoms with E-state index in [1.165, 1.54) is 0 Å². The minimum atomic E-state index is -0.933. The molecule has 0 radical (unpaired) electrons. The highest BCUT2D eigenvalue weighted by Gasteiger charge is 2.35. The Hall–Kier alpha value is -2.56. The molecule has 0 aromatic heterocycles. The van der Waals surface area contributed by atoms with Gasteiger partial charge in [0.2, 0.25) is 0 Å². The Balaban J connectivity index is 2.31. The van der Waals surface area contributed by atoms with Crippen LogP contribution in [-0.4, -0.2) is 30.6 Å². The van der Waals surface area contributed by atoms with Crippen LogP contribution >= 0.6 is 0 Å². The van der Waals surface area contributed by atoms with Crippen LogP contribution in [0.5, 0.6) is 5.75 Å². The first-order chi connectivity index (χ1) is 11.5. The molecule has 5 heteroatoms. The Labute approximate surface area is 141 Å². The zero-order valence-corrected chi connectivity index (χ0v) is 14.3. The number of nitrogens with one attached hydrogen (secondary N) is 1. The van der Waals surface area contributed by atoms with Gasteiger partial charge in [0.15, 0.2) is 0 Å². The summed E-state index contributed by atoms with van der Waals surface area (Å²) in [7, 11) is 1.59. The predicted octanol–water partition coefficient (Wildman–Crippen LogP) is 3.47. The number of aliphatic carboxylic acids is 1. The minimum Gasteiger partial charge on any atom is -0.496 e. The molecule has 2 N–H and O–H groups in total. The lowest BCUT2D eigenvalue weighted by Gasteiger charge is -2.27. The number of rotatable bonds is 7. The number of carboxylic acids is 1. The summed E-state index contributed by atoms with van der Waals surface area (Å²) in [6.07, 6.45) is 0.922. The standard InChI is InChI=1S/C19H23NO4/c1-4-19(5-2,18(22)23)12-20-17(21)15-10-11-16(24-3)14-9-7-6-8-13(14)15/h6-11H,4-5,12H2,1-3H3,(H,20,21)(H,22,23). The van der Waals surface area contributed by atoms with E-state index in [1.54, 1.807) is 19.2 Å². The number of carboxylic acid groups (broad SMARTS) is 1. The number of carbonyl (C=O) groups is 2. The van der Waals surface area contributed by atoms with Gasteiger partial charge in [-0.25, -0.2) is 0 Å². The zero-order chi connectivity index (χ0) is 17.7. The summed E-state index contributed by atoms with van der Waals surface area (Å²) < 4.78 is 5.33. The summed E-state index contributed by atoms with van der Waals surface area (Å²) >= 11 is 0. The van der Waals surface area contributed by atoms with Crippen LogP contribution in [0.4, 0.5) is 0 Å². The van der Waals surface area contributed by atoms with E-state index in [9.17, 15) is 14.7 Å². The Bertz CT molecular complexity index is 750. The van der Waals surface area contributed by atoms with E-state index in [0.717, 1.165) is 10.8 Å². The average Bonchev–Trinajstić information content (AvgIpc) is 2.61. The number of hydrogen-bond acceptors (Lipinski definition) is 3. The third kappa shape index (κ3) is 3.20. The molecular formula is C19H23NO4. The van der Waals surface area contributed by atoms with Crippen LogP contribution in [0.2, 0.25) is 0 Å². The first-order valence-electron chi connectivity index (χ1n) is 8.06. The molecule has 24 heavy (non-hydrogen) atoms. The third-order valence-corrected chi connectivity index (χ3v) is 4.74. The fourth-order valence-electron chi connectivity index (χ4n) is 2.87. The molecule has 128 valence electrons. The van der Waals surface area contributed by atoms with Crippen LogP contribution in [0.25, 0.3) is 10.8 Å². The second-order valence-corrected chi connectivity index (χ2v) is 5.84. The van der Waals surface area contributed by atoms with Crippen molar-refractivity contribution in [1.82, 2.24) is 5.32 Å². The van der Waals surface area contributed by atoms with E-state index >= 15 is 0 Å². The largest absolute Gasteiger partial charge is 0.496 e. The molecule has 0 bridgehead atoms. The smallest absolute Gasteiger partial charge is 0.311 e. The molecule has 0 saturated heterocycles. The van der Waals surface area contributed by atoms with Crippen molar-refractivity contribution in [2.75, 3.05) is 13.7 Å². The molecule has 0 atom stereocenters. The fourth-order valence-corrected chi connectivity index (χ4v) is 2.87. The van der Waals surface area contributed by atoms with Gasteiger partial charge in [0.1, 0.15) is 5.75 Å². The lowest BCUT2D eigenvalue weighted by molar-refractivity contribution is -0.149. The Morgan fingerprint density at radius 3 is 2.25 bits per heavy atom. The van der Waals surface area contributed by atoms with Crippen molar-refractivity contribution in [3.63, 3.8) is 0 Å². The molecule has 0 saturated carbocycles. The van der Waals surface area contributed by atoms with Gasteiger partial charge in [-0.3, -0.25) is 9.59 Å². The van der Waals surface area contributed by atoms with Crippen molar-refractivity contribution in [1.29, 1.82) is 0 Å². The van der Waals surface area contributed by atoms with E-state index in [-0.39, 0.29) is 12.5 Å². The molecule has 0 spiro atoms. The maximum Gasteiger partial charge on any atom is 0.311 e. The third-order valence-electron chi connectivity index (χ3n) is 4.74. The summed E-state index contributed by atoms with van der Waals surface area (Å²) in [6.45, 7) is 3.76. The van der Waals surface area contributed by atoms with Gasteiger partial charge in [-0.15, -0.1) is 0 Å². The fraction of sp³-hybridized carbons (Fsp3) is 0.368. The molecule has 1 amide bonds. The maximum absolute atomic E-state index is 12.6. The SMILES string of the molecule is CCC(CC)(CNC(=O)c1ccc(OC)c2ccccc12)C(=O)O. The normalized spacial score (nSPS) is 11.3. The Morgan fingerprint density at radius 2 is 1.71 bits per heavy atom. The average molecular weight is 329 g/mol. The maximum atomic E-state index is 12.6. The summed E-state index contributed by atoms with van der Waals surface area (Å²) in [6, 6.07) is 11.0. The van der Waals surface area contributed by atoms with Crippen LogP contribution in [0.15, 0.2) is 36.4 Å². The second kappa shape index (κ2) is 7.34. The highest BCUT2D eigenvalue weighted by atomic mass is 16.5. The van der Waals surface area contributed by atoms with Crippen LogP contribution in [0, 0.1) is 5.41 Å². The van der Waals surface area contributed by atoms with Crippen LogP contribution < -0.4 is 10.1 Å². The summed E-state index contributed by atoms with van der Waals surface area (Å²) in [5.41, 5.74) is -0.421. The lowest BCUT2D eigenvalue weighted by atomic mass is 9.82. The molecule has 0 aliphatic heterocycles. The lowest BCUT2D eigenvalue weighted by Crippen LogP contribution is -2.42. The molecule has 2 aromatic rings. The number of fused-ring (bicyclic) bond motifs is 1. The highest BCUT2D eigenvalue weighted by Crippen LogP contribution is 2.29. The molecule has 5 nitrogen and oxygen atoms in total. The van der Waals surface area contributed by atoms with Crippen molar-refractivity contribution in [3.8, 4) is 5.75 Å². The van der Waals surface area contributed by atoms with Gasteiger partial charge in [0.05, 0.1) is 12.5 Å². The number of amides is 1. The quantitative estimate of drug-likeness (QED) is 0.815. The van der Waals surface area contributed by atoms with Crippen molar-refractivity contribution < 1.29 is 19.4 Å². The Morgan fingerprint density at radius 1 is 1.08 bits per heavy atom. The molecule has 0 heterocycles. The van der Waals surface area contributed by atoms with Crippen molar-refractivity contribution in [2.24, 2.45) is 5.41 Å². The van der Waals surface area contributed by atoms with Crippen molar-refractivity contribution in [2.45, 2.75) is 26.7 Å². The van der Waals surface area contributed by atoms with Gasteiger partial charge < -0.3 is 15.2 Å². The number of hydrogen-bond donors (Lipinski definition) is 2. The van der Waals surface area contributed by atoms with Gasteiger partial charge >= 0.3 is 5.97 Å². The summed E-state index contributed by atoms with van der Waals surface area (Å²) in [5, 5.41) is 13.9. The number of ether oxygens (including phenoxy) is 1. The van der Waals surface area contributed by atoms with Crippen LogP contribution in [-0.2, 0) is 4.79 Å². The molecule has 0 unspecified atom stereocenters. The van der Waals surface area contributed by atoms with Crippen molar-refractivity contribution in [3.05, 3.63) is 42.0 Å². The van der Waals surface area contributed by atoms with E-state index in [4.69, 9.17) is 4.74 Å².